The van der Waals surface area contributed by atoms with E-state index >= 15 is 0 Å². The van der Waals surface area contributed by atoms with Gasteiger partial charge in [0.25, 0.3) is 0 Å². The van der Waals surface area contributed by atoms with Crippen molar-refractivity contribution in [3.05, 3.63) is 35.7 Å². The number of hydrogen-bond acceptors (Lipinski definition) is 4. The molecule has 0 bridgehead atoms. The average Bonchev–Trinajstić information content (AvgIpc) is 2.92. The van der Waals surface area contributed by atoms with Crippen molar-refractivity contribution in [2.75, 3.05) is 6.54 Å². The molecule has 0 fully saturated rings. The van der Waals surface area contributed by atoms with Crippen LogP contribution in [0.25, 0.3) is 11.5 Å². The highest BCUT2D eigenvalue weighted by atomic mass is 16.4. The van der Waals surface area contributed by atoms with Crippen LogP contribution in [-0.2, 0) is 12.8 Å². The number of hydrogen-bond donors (Lipinski definition) is 1. The Morgan fingerprint density at radius 1 is 1.20 bits per heavy atom. The van der Waals surface area contributed by atoms with Gasteiger partial charge in [-0.1, -0.05) is 39.0 Å². The Kier molecular flexibility index (Phi) is 5.30. The van der Waals surface area contributed by atoms with Crippen LogP contribution in [0.3, 0.4) is 0 Å². The number of nitrogens with zero attached hydrogens (tertiary/aromatic N) is 2. The minimum absolute atomic E-state index is 0.518. The first-order valence-electron chi connectivity index (χ1n) is 7.34. The molecule has 0 unspecified atom stereocenters. The van der Waals surface area contributed by atoms with Crippen molar-refractivity contribution in [1.29, 1.82) is 0 Å². The van der Waals surface area contributed by atoms with E-state index in [1.165, 1.54) is 5.56 Å². The Labute approximate surface area is 120 Å². The smallest absolute Gasteiger partial charge is 0.248 e. The fourth-order valence-electron chi connectivity index (χ4n) is 2.13. The standard InChI is InChI=1S/C16H23N3O/c1-4-13-8-5-6-9-14(13)16-19-18-15(20-16)10-7-11-17-12(2)3/h5-6,8-9,12,17H,4,7,10-11H2,1-3H3. The molecule has 0 radical (unpaired) electrons. The van der Waals surface area contributed by atoms with Gasteiger partial charge in [0, 0.05) is 18.0 Å². The molecule has 1 aromatic carbocycles. The molecule has 2 aromatic rings. The summed E-state index contributed by atoms with van der Waals surface area (Å²) in [7, 11) is 0. The van der Waals surface area contributed by atoms with Gasteiger partial charge in [-0.2, -0.15) is 0 Å². The van der Waals surface area contributed by atoms with Crippen LogP contribution in [0.2, 0.25) is 0 Å². The second-order valence-electron chi connectivity index (χ2n) is 5.22. The molecule has 108 valence electrons. The first-order chi connectivity index (χ1) is 9.70. The van der Waals surface area contributed by atoms with Crippen molar-refractivity contribution in [2.45, 2.75) is 46.1 Å². The van der Waals surface area contributed by atoms with E-state index in [1.54, 1.807) is 0 Å². The van der Waals surface area contributed by atoms with Gasteiger partial charge in [-0.15, -0.1) is 10.2 Å². The average molecular weight is 273 g/mol. The van der Waals surface area contributed by atoms with Crippen molar-refractivity contribution < 1.29 is 4.42 Å². The maximum Gasteiger partial charge on any atom is 0.248 e. The topological polar surface area (TPSA) is 51.0 Å². The van der Waals surface area contributed by atoms with E-state index in [0.29, 0.717) is 11.9 Å². The van der Waals surface area contributed by atoms with Gasteiger partial charge in [-0.05, 0) is 31.0 Å². The number of nitrogens with one attached hydrogen (secondary N) is 1. The molecule has 0 atom stereocenters. The van der Waals surface area contributed by atoms with Crippen molar-refractivity contribution in [1.82, 2.24) is 15.5 Å². The van der Waals surface area contributed by atoms with Gasteiger partial charge in [0.05, 0.1) is 0 Å². The molecule has 1 aromatic heterocycles. The summed E-state index contributed by atoms with van der Waals surface area (Å²) in [5.74, 6) is 1.35. The summed E-state index contributed by atoms with van der Waals surface area (Å²) < 4.78 is 5.77. The third-order valence-electron chi connectivity index (χ3n) is 3.22. The second-order valence-corrected chi connectivity index (χ2v) is 5.22. The molecular formula is C16H23N3O. The lowest BCUT2D eigenvalue weighted by molar-refractivity contribution is 0.483. The maximum atomic E-state index is 5.77. The van der Waals surface area contributed by atoms with Crippen LogP contribution in [0.15, 0.2) is 28.7 Å². The Bertz CT molecular complexity index is 534. The summed E-state index contributed by atoms with van der Waals surface area (Å²) in [4.78, 5) is 0. The first-order valence-corrected chi connectivity index (χ1v) is 7.34. The number of aromatic nitrogens is 2. The van der Waals surface area contributed by atoms with Crippen LogP contribution in [0, 0.1) is 0 Å². The molecule has 20 heavy (non-hydrogen) atoms. The molecule has 0 saturated heterocycles. The molecule has 0 aliphatic carbocycles. The Balaban J connectivity index is 1.98. The predicted molar refractivity (Wildman–Crippen MR) is 80.6 cm³/mol. The van der Waals surface area contributed by atoms with Gasteiger partial charge in [0.2, 0.25) is 11.8 Å². The van der Waals surface area contributed by atoms with E-state index in [1.807, 2.05) is 18.2 Å². The van der Waals surface area contributed by atoms with Crippen molar-refractivity contribution >= 4 is 0 Å². The third kappa shape index (κ3) is 3.90. The van der Waals surface area contributed by atoms with E-state index in [4.69, 9.17) is 4.42 Å². The molecule has 4 heteroatoms. The third-order valence-corrected chi connectivity index (χ3v) is 3.22. The SMILES string of the molecule is CCc1ccccc1-c1nnc(CCCNC(C)C)o1. The van der Waals surface area contributed by atoms with Crippen molar-refractivity contribution in [2.24, 2.45) is 0 Å². The number of aryl methyl sites for hydroxylation is 2. The molecule has 2 rings (SSSR count). The normalized spacial score (nSPS) is 11.2. The largest absolute Gasteiger partial charge is 0.421 e. The Morgan fingerprint density at radius 2 is 2.00 bits per heavy atom. The maximum absolute atomic E-state index is 5.77. The lowest BCUT2D eigenvalue weighted by Crippen LogP contribution is -2.23. The molecule has 0 aliphatic rings. The zero-order valence-corrected chi connectivity index (χ0v) is 12.5. The molecule has 0 spiro atoms. The highest BCUT2D eigenvalue weighted by molar-refractivity contribution is 5.58. The molecule has 0 aliphatic heterocycles. The van der Waals surface area contributed by atoms with Crippen LogP contribution in [0.5, 0.6) is 0 Å². The summed E-state index contributed by atoms with van der Waals surface area (Å²) >= 11 is 0. The summed E-state index contributed by atoms with van der Waals surface area (Å²) in [6.07, 6.45) is 2.79. The quantitative estimate of drug-likeness (QED) is 0.787. The van der Waals surface area contributed by atoms with Crippen molar-refractivity contribution in [3.8, 4) is 11.5 Å². The minimum Gasteiger partial charge on any atom is -0.421 e. The Morgan fingerprint density at radius 3 is 2.75 bits per heavy atom. The van der Waals surface area contributed by atoms with E-state index in [0.717, 1.165) is 37.3 Å². The molecule has 1 heterocycles. The Hall–Kier alpha value is -1.68. The number of benzene rings is 1. The highest BCUT2D eigenvalue weighted by Gasteiger charge is 2.11. The molecular weight excluding hydrogens is 250 g/mol. The van der Waals surface area contributed by atoms with Crippen LogP contribution in [0.4, 0.5) is 0 Å². The molecule has 4 nitrogen and oxygen atoms in total. The van der Waals surface area contributed by atoms with Gasteiger partial charge >= 0.3 is 0 Å². The van der Waals surface area contributed by atoms with Crippen LogP contribution in [0.1, 0.15) is 38.6 Å². The van der Waals surface area contributed by atoms with E-state index in [9.17, 15) is 0 Å². The van der Waals surface area contributed by atoms with Gasteiger partial charge in [0.1, 0.15) is 0 Å². The van der Waals surface area contributed by atoms with Crippen LogP contribution in [-0.4, -0.2) is 22.8 Å². The highest BCUT2D eigenvalue weighted by Crippen LogP contribution is 2.22. The lowest BCUT2D eigenvalue weighted by Gasteiger charge is -2.05. The summed E-state index contributed by atoms with van der Waals surface area (Å²) in [5, 5.41) is 11.7. The lowest BCUT2D eigenvalue weighted by atomic mass is 10.1. The van der Waals surface area contributed by atoms with Crippen molar-refractivity contribution in [3.63, 3.8) is 0 Å². The molecule has 0 saturated carbocycles. The van der Waals surface area contributed by atoms with Gasteiger partial charge < -0.3 is 9.73 Å². The first kappa shape index (κ1) is 14.7. The number of rotatable bonds is 7. The van der Waals surface area contributed by atoms with Gasteiger partial charge in [-0.25, -0.2) is 0 Å². The molecule has 0 amide bonds. The zero-order chi connectivity index (χ0) is 14.4. The van der Waals surface area contributed by atoms with Gasteiger partial charge in [-0.3, -0.25) is 0 Å². The van der Waals surface area contributed by atoms with Crippen LogP contribution >= 0.6 is 0 Å². The summed E-state index contributed by atoms with van der Waals surface area (Å²) in [5.41, 5.74) is 2.29. The molecule has 1 N–H and O–H groups in total. The fraction of sp³-hybridized carbons (Fsp3) is 0.500. The minimum atomic E-state index is 0.518. The van der Waals surface area contributed by atoms with E-state index < -0.39 is 0 Å². The van der Waals surface area contributed by atoms with E-state index in [-0.39, 0.29) is 0 Å². The zero-order valence-electron chi connectivity index (χ0n) is 12.5. The van der Waals surface area contributed by atoms with Crippen LogP contribution < -0.4 is 5.32 Å². The summed E-state index contributed by atoms with van der Waals surface area (Å²) in [6, 6.07) is 8.70. The summed E-state index contributed by atoms with van der Waals surface area (Å²) in [6.45, 7) is 7.40. The fourth-order valence-corrected chi connectivity index (χ4v) is 2.13. The van der Waals surface area contributed by atoms with Gasteiger partial charge in [0.15, 0.2) is 0 Å². The monoisotopic (exact) mass is 273 g/mol. The van der Waals surface area contributed by atoms with E-state index in [2.05, 4.69) is 42.4 Å². The predicted octanol–water partition coefficient (Wildman–Crippen LogP) is 3.23. The second kappa shape index (κ2) is 7.20.